The van der Waals surface area contributed by atoms with Crippen molar-refractivity contribution in [1.29, 1.82) is 0 Å². The number of anilines is 4. The number of ether oxygens (including phenoxy) is 1. The van der Waals surface area contributed by atoms with Crippen LogP contribution in [0.5, 0.6) is 5.75 Å². The minimum Gasteiger partial charge on any atom is -0.478 e. The number of carbonyl (C=O) groups is 4. The number of pyridine rings is 1. The molecule has 16 nitrogen and oxygen atoms in total. The van der Waals surface area contributed by atoms with E-state index in [4.69, 9.17) is 21.3 Å². The second-order valence-corrected chi connectivity index (χ2v) is 16.8. The van der Waals surface area contributed by atoms with Gasteiger partial charge >= 0.3 is 0 Å². The van der Waals surface area contributed by atoms with Crippen molar-refractivity contribution in [2.75, 3.05) is 68.0 Å². The van der Waals surface area contributed by atoms with Gasteiger partial charge in [-0.2, -0.15) is 4.98 Å². The van der Waals surface area contributed by atoms with Crippen LogP contribution < -0.4 is 36.0 Å². The first kappa shape index (κ1) is 41.0. The Morgan fingerprint density at radius 2 is 1.73 bits per heavy atom. The molecule has 4 aromatic rings. The Hall–Kier alpha value is -5.74. The number of fused-ring (bicyclic) bond motifs is 2. The largest absolute Gasteiger partial charge is 0.478 e. The number of carbonyl (C=O) groups excluding carboxylic acids is 4. The summed E-state index contributed by atoms with van der Waals surface area (Å²) >= 11 is 6.62. The van der Waals surface area contributed by atoms with Gasteiger partial charge in [0, 0.05) is 93.7 Å². The van der Waals surface area contributed by atoms with E-state index >= 15 is 0 Å². The zero-order chi connectivity index (χ0) is 42.3. The fourth-order valence-electron chi connectivity index (χ4n) is 9.15. The lowest BCUT2D eigenvalue weighted by molar-refractivity contribution is -0.137. The van der Waals surface area contributed by atoms with Gasteiger partial charge in [-0.25, -0.2) is 4.98 Å². The Bertz CT molecular complexity index is 2410. The number of amides is 4. The first-order valence-electron chi connectivity index (χ1n) is 20.7. The van der Waals surface area contributed by atoms with Gasteiger partial charge < -0.3 is 34.6 Å². The third kappa shape index (κ3) is 7.97. The van der Waals surface area contributed by atoms with Crippen LogP contribution in [0.1, 0.15) is 62.4 Å². The van der Waals surface area contributed by atoms with Gasteiger partial charge in [-0.3, -0.25) is 34.2 Å². The summed E-state index contributed by atoms with van der Waals surface area (Å²) in [5.74, 6) is 0.485. The van der Waals surface area contributed by atoms with Gasteiger partial charge in [0.2, 0.25) is 17.8 Å². The predicted octanol–water partition coefficient (Wildman–Crippen LogP) is 3.91. The molecule has 60 heavy (non-hydrogen) atoms. The summed E-state index contributed by atoms with van der Waals surface area (Å²) in [6.45, 7) is 12.2. The number of benzene rings is 2. The van der Waals surface area contributed by atoms with E-state index in [1.54, 1.807) is 21.7 Å². The number of aromatic nitrogens is 3. The summed E-state index contributed by atoms with van der Waals surface area (Å²) in [6, 6.07) is 12.7. The second kappa shape index (κ2) is 16.7. The lowest BCUT2D eigenvalue weighted by Gasteiger charge is -2.50. The Morgan fingerprint density at radius 3 is 2.45 bits per heavy atom. The minimum atomic E-state index is -0.619. The number of halogens is 1. The van der Waals surface area contributed by atoms with Crippen LogP contribution in [-0.4, -0.2) is 112 Å². The van der Waals surface area contributed by atoms with Crippen molar-refractivity contribution in [2.45, 2.75) is 71.1 Å². The molecular weight excluding hydrogens is 788 g/mol. The van der Waals surface area contributed by atoms with Gasteiger partial charge in [0.05, 0.1) is 11.7 Å². The zero-order valence-corrected chi connectivity index (χ0v) is 35.2. The van der Waals surface area contributed by atoms with Gasteiger partial charge in [0.1, 0.15) is 11.1 Å². The molecular formula is C43H51ClN10O6. The molecule has 4 aliphatic heterocycles. The number of imide groups is 1. The van der Waals surface area contributed by atoms with Crippen LogP contribution in [0, 0.1) is 5.92 Å². The monoisotopic (exact) mass is 838 g/mol. The van der Waals surface area contributed by atoms with Crippen molar-refractivity contribution in [3.63, 3.8) is 0 Å². The maximum atomic E-state index is 13.2. The second-order valence-electron chi connectivity index (χ2n) is 16.4. The lowest BCUT2D eigenvalue weighted by atomic mass is 9.78. The van der Waals surface area contributed by atoms with Crippen LogP contribution in [0.2, 0.25) is 5.02 Å². The van der Waals surface area contributed by atoms with Crippen molar-refractivity contribution >= 4 is 69.3 Å². The van der Waals surface area contributed by atoms with E-state index < -0.39 is 11.9 Å². The average Bonchev–Trinajstić information content (AvgIpc) is 3.58. The van der Waals surface area contributed by atoms with Crippen molar-refractivity contribution in [2.24, 2.45) is 5.92 Å². The smallest absolute Gasteiger partial charge is 0.293 e. The van der Waals surface area contributed by atoms with Gasteiger partial charge in [0.15, 0.2) is 18.2 Å². The topological polar surface area (TPSA) is 174 Å². The number of aryl methyl sites for hydroxylation is 1. The van der Waals surface area contributed by atoms with Crippen LogP contribution in [0.4, 0.5) is 23.1 Å². The number of rotatable bonds is 11. The van der Waals surface area contributed by atoms with Crippen LogP contribution in [0.15, 0.2) is 53.5 Å². The highest BCUT2D eigenvalue weighted by molar-refractivity contribution is 6.33. The number of nitrogens with one attached hydrogen (secondary N) is 3. The minimum absolute atomic E-state index is 0.0231. The summed E-state index contributed by atoms with van der Waals surface area (Å²) in [5.41, 5.74) is 3.77. The SMILES string of the molecule is CCn1c(=O)c(OCC(=O)NC)cc2cc(Nc3nc(N4CCN(C(C)(C)C5CCN(c6ccc7c(c6)CN(C6CCC(=O)NC6=O)C7=O)CC5)CC4)ncc3Cl)ccc21. The van der Waals surface area contributed by atoms with Crippen molar-refractivity contribution in [3.05, 3.63) is 75.2 Å². The number of piperidine rings is 2. The molecule has 0 bridgehead atoms. The molecule has 6 heterocycles. The molecule has 4 amide bonds. The molecule has 1 unspecified atom stereocenters. The first-order chi connectivity index (χ1) is 28.8. The van der Waals surface area contributed by atoms with Gasteiger partial charge in [-0.05, 0) is 94.0 Å². The number of likely N-dealkylation sites (N-methyl/N-ethyl adjacent to an activating group) is 1. The number of hydrogen-bond donors (Lipinski definition) is 3. The molecule has 2 aromatic heterocycles. The summed E-state index contributed by atoms with van der Waals surface area (Å²) in [7, 11) is 1.51. The molecule has 0 radical (unpaired) electrons. The van der Waals surface area contributed by atoms with E-state index in [0.29, 0.717) is 53.5 Å². The summed E-state index contributed by atoms with van der Waals surface area (Å²) < 4.78 is 7.19. The molecule has 0 aliphatic carbocycles. The normalized spacial score (nSPS) is 19.1. The number of piperazine rings is 1. The van der Waals surface area contributed by atoms with Crippen molar-refractivity contribution in [3.8, 4) is 5.75 Å². The molecule has 0 spiro atoms. The Kier molecular flexibility index (Phi) is 11.4. The molecule has 0 saturated carbocycles. The van der Waals surface area contributed by atoms with Gasteiger partial charge in [-0.1, -0.05) is 11.6 Å². The van der Waals surface area contributed by atoms with Crippen LogP contribution >= 0.6 is 11.6 Å². The molecule has 316 valence electrons. The Labute approximate surface area is 353 Å². The first-order valence-corrected chi connectivity index (χ1v) is 21.1. The van der Waals surface area contributed by atoms with Crippen molar-refractivity contribution < 1.29 is 23.9 Å². The molecule has 17 heteroatoms. The maximum absolute atomic E-state index is 13.2. The molecule has 1 atom stereocenters. The van der Waals surface area contributed by atoms with Gasteiger partial charge in [0.25, 0.3) is 17.4 Å². The van der Waals surface area contributed by atoms with Crippen LogP contribution in [0.3, 0.4) is 0 Å². The fraction of sp³-hybridized carbons (Fsp3) is 0.465. The summed E-state index contributed by atoms with van der Waals surface area (Å²) in [6.07, 6.45) is 4.28. The van der Waals surface area contributed by atoms with Gasteiger partial charge in [-0.15, -0.1) is 0 Å². The molecule has 8 rings (SSSR count). The molecule has 3 N–H and O–H groups in total. The van der Waals surface area contributed by atoms with Crippen molar-refractivity contribution in [1.82, 2.24) is 35.0 Å². The maximum Gasteiger partial charge on any atom is 0.293 e. The van der Waals surface area contributed by atoms with E-state index in [2.05, 4.69) is 55.5 Å². The summed E-state index contributed by atoms with van der Waals surface area (Å²) in [5, 5.41) is 9.35. The average molecular weight is 839 g/mol. The highest BCUT2D eigenvalue weighted by atomic mass is 35.5. The van der Waals surface area contributed by atoms with E-state index in [0.717, 1.165) is 74.3 Å². The Morgan fingerprint density at radius 1 is 0.967 bits per heavy atom. The number of nitrogens with zero attached hydrogens (tertiary/aromatic N) is 7. The summed E-state index contributed by atoms with van der Waals surface area (Å²) in [4.78, 5) is 80.5. The standard InChI is InChI=1S/C43H51ClN10O6/c1-5-53-33-9-6-29(20-26(33)22-35(41(53)59)60-25-37(56)45-4)47-38-32(44)23-46-42(49-38)51-16-18-52(19-17-51)43(2,3)28-12-14-50(15-13-28)30-7-8-31-27(21-30)24-54(40(31)58)34-10-11-36(55)48-39(34)57/h6-9,20-23,28,34H,5,10-19,24-25H2,1-4H3,(H,45,56)(H,46,47,49)(H,48,55,57). The quantitative estimate of drug-likeness (QED) is 0.186. The zero-order valence-electron chi connectivity index (χ0n) is 34.4. The highest BCUT2D eigenvalue weighted by Crippen LogP contribution is 2.37. The van der Waals surface area contributed by atoms with Crippen LogP contribution in [0.25, 0.3) is 10.9 Å². The predicted molar refractivity (Wildman–Crippen MR) is 229 cm³/mol. The number of hydrogen-bond acceptors (Lipinski definition) is 12. The lowest BCUT2D eigenvalue weighted by Crippen LogP contribution is -2.59. The molecule has 4 aliphatic rings. The van der Waals surface area contributed by atoms with E-state index in [9.17, 15) is 24.0 Å². The van der Waals surface area contributed by atoms with E-state index in [1.807, 2.05) is 37.3 Å². The Balaban J connectivity index is 0.873. The third-order valence-corrected chi connectivity index (χ3v) is 13.0. The van der Waals surface area contributed by atoms with E-state index in [1.165, 1.54) is 7.05 Å². The third-order valence-electron chi connectivity index (χ3n) is 12.8. The van der Waals surface area contributed by atoms with Crippen LogP contribution in [-0.2, 0) is 27.5 Å². The molecule has 3 saturated heterocycles. The molecule has 2 aromatic carbocycles. The highest BCUT2D eigenvalue weighted by Gasteiger charge is 2.41. The fourth-order valence-corrected chi connectivity index (χ4v) is 9.29. The van der Waals surface area contributed by atoms with E-state index in [-0.39, 0.29) is 47.6 Å². The molecule has 3 fully saturated rings.